The third kappa shape index (κ3) is 3.10. The summed E-state index contributed by atoms with van der Waals surface area (Å²) in [5, 5.41) is 0. The molecule has 0 atom stereocenters. The molecule has 0 radical (unpaired) electrons. The average Bonchev–Trinajstić information content (AvgIpc) is 2.12. The molecule has 0 saturated carbocycles. The summed E-state index contributed by atoms with van der Waals surface area (Å²) in [6.07, 6.45) is 2.68. The second-order valence-corrected chi connectivity index (χ2v) is 3.28. The zero-order valence-electron chi connectivity index (χ0n) is 9.18. The Kier molecular flexibility index (Phi) is 5.20. The van der Waals surface area contributed by atoms with Crippen molar-refractivity contribution >= 4 is 0 Å². The Bertz CT molecular complexity index is 221. The molecule has 0 aliphatic carbocycles. The van der Waals surface area contributed by atoms with Crippen molar-refractivity contribution in [3.8, 4) is 0 Å². The third-order valence-electron chi connectivity index (χ3n) is 2.14. The molecule has 0 aromatic rings. The van der Waals surface area contributed by atoms with E-state index < -0.39 is 0 Å². The quantitative estimate of drug-likeness (QED) is 0.463. The van der Waals surface area contributed by atoms with Gasteiger partial charge in [0.05, 0.1) is 7.11 Å². The van der Waals surface area contributed by atoms with Gasteiger partial charge in [0.15, 0.2) is 0 Å². The van der Waals surface area contributed by atoms with Gasteiger partial charge in [-0.25, -0.2) is 0 Å². The maximum atomic E-state index is 5.22. The first kappa shape index (κ1) is 12.0. The molecule has 0 bridgehead atoms. The molecule has 1 heteroatoms. The monoisotopic (exact) mass is 180 g/mol. The van der Waals surface area contributed by atoms with Crippen LogP contribution in [0.1, 0.15) is 27.2 Å². The maximum absolute atomic E-state index is 5.22. The van der Waals surface area contributed by atoms with Gasteiger partial charge in [0.25, 0.3) is 0 Å². The summed E-state index contributed by atoms with van der Waals surface area (Å²) >= 11 is 0. The molecule has 0 N–H and O–H groups in total. The van der Waals surface area contributed by atoms with E-state index in [1.54, 1.807) is 13.2 Å². The highest BCUT2D eigenvalue weighted by Crippen LogP contribution is 2.24. The smallest absolute Gasteiger partial charge is 0.121 e. The van der Waals surface area contributed by atoms with E-state index in [0.29, 0.717) is 5.92 Å². The molecule has 0 rings (SSSR count). The van der Waals surface area contributed by atoms with E-state index in [1.165, 1.54) is 5.57 Å². The van der Waals surface area contributed by atoms with Gasteiger partial charge in [-0.3, -0.25) is 0 Å². The van der Waals surface area contributed by atoms with Crippen LogP contribution in [0.2, 0.25) is 0 Å². The lowest BCUT2D eigenvalue weighted by molar-refractivity contribution is 0.301. The van der Waals surface area contributed by atoms with E-state index >= 15 is 0 Å². The van der Waals surface area contributed by atoms with Crippen LogP contribution in [0.15, 0.2) is 36.1 Å². The Morgan fingerprint density at radius 1 is 1.46 bits per heavy atom. The lowest BCUT2D eigenvalue weighted by atomic mass is 9.94. The summed E-state index contributed by atoms with van der Waals surface area (Å²) in [7, 11) is 1.67. The van der Waals surface area contributed by atoms with Crippen LogP contribution >= 0.6 is 0 Å². The number of allylic oxidation sites excluding steroid dienone is 3. The minimum atomic E-state index is 0.458. The van der Waals surface area contributed by atoms with E-state index in [2.05, 4.69) is 33.9 Å². The van der Waals surface area contributed by atoms with E-state index in [1.807, 2.05) is 0 Å². The molecule has 0 amide bonds. The first-order valence-corrected chi connectivity index (χ1v) is 4.67. The molecule has 0 spiro atoms. The predicted molar refractivity (Wildman–Crippen MR) is 58.5 cm³/mol. The van der Waals surface area contributed by atoms with Gasteiger partial charge in [-0.15, -0.1) is 0 Å². The van der Waals surface area contributed by atoms with Crippen LogP contribution in [0, 0.1) is 5.92 Å². The van der Waals surface area contributed by atoms with Crippen LogP contribution < -0.4 is 0 Å². The van der Waals surface area contributed by atoms with Crippen LogP contribution in [0.3, 0.4) is 0 Å². The van der Waals surface area contributed by atoms with Crippen molar-refractivity contribution in [3.05, 3.63) is 36.1 Å². The zero-order valence-corrected chi connectivity index (χ0v) is 9.18. The van der Waals surface area contributed by atoms with Crippen LogP contribution in [0.4, 0.5) is 0 Å². The van der Waals surface area contributed by atoms with E-state index in [-0.39, 0.29) is 0 Å². The minimum Gasteiger partial charge on any atom is -0.496 e. The standard InChI is InChI=1S/C12H20O/c1-7-11(10(5)9(3)4)12(8-2)13-6/h8-9H,2,5,7H2,1,3-4,6H3/b12-11+. The van der Waals surface area contributed by atoms with Crippen LogP contribution in [-0.2, 0) is 4.74 Å². The maximum Gasteiger partial charge on any atom is 0.121 e. The van der Waals surface area contributed by atoms with Gasteiger partial charge in [0.1, 0.15) is 5.76 Å². The van der Waals surface area contributed by atoms with Crippen molar-refractivity contribution < 1.29 is 4.74 Å². The molecule has 0 fully saturated rings. The highest BCUT2D eigenvalue weighted by atomic mass is 16.5. The fraction of sp³-hybridized carbons (Fsp3) is 0.500. The van der Waals surface area contributed by atoms with E-state index in [4.69, 9.17) is 4.74 Å². The molecular formula is C12H20O. The largest absolute Gasteiger partial charge is 0.496 e. The second-order valence-electron chi connectivity index (χ2n) is 3.28. The molecule has 1 nitrogen and oxygen atoms in total. The number of rotatable bonds is 5. The van der Waals surface area contributed by atoms with Crippen LogP contribution in [0.25, 0.3) is 0 Å². The molecule has 0 aliphatic heterocycles. The van der Waals surface area contributed by atoms with E-state index in [0.717, 1.165) is 17.8 Å². The highest BCUT2D eigenvalue weighted by molar-refractivity contribution is 5.35. The van der Waals surface area contributed by atoms with Crippen molar-refractivity contribution in [3.63, 3.8) is 0 Å². The van der Waals surface area contributed by atoms with Gasteiger partial charge in [-0.1, -0.05) is 33.9 Å². The Labute approximate surface area is 81.8 Å². The Hall–Kier alpha value is -0.980. The van der Waals surface area contributed by atoms with Gasteiger partial charge in [-0.2, -0.15) is 0 Å². The molecule has 0 saturated heterocycles. The molecule has 0 aromatic heterocycles. The zero-order chi connectivity index (χ0) is 10.4. The summed E-state index contributed by atoms with van der Waals surface area (Å²) in [5.74, 6) is 1.31. The van der Waals surface area contributed by atoms with Crippen molar-refractivity contribution in [1.82, 2.24) is 0 Å². The van der Waals surface area contributed by atoms with Crippen LogP contribution in [0.5, 0.6) is 0 Å². The Balaban J connectivity index is 4.95. The van der Waals surface area contributed by atoms with Gasteiger partial charge in [0, 0.05) is 0 Å². The lowest BCUT2D eigenvalue weighted by Crippen LogP contribution is -2.00. The van der Waals surface area contributed by atoms with Crippen molar-refractivity contribution in [1.29, 1.82) is 0 Å². The molecule has 74 valence electrons. The summed E-state index contributed by atoms with van der Waals surface area (Å²) in [4.78, 5) is 0. The summed E-state index contributed by atoms with van der Waals surface area (Å²) in [5.41, 5.74) is 2.31. The average molecular weight is 180 g/mol. The summed E-state index contributed by atoms with van der Waals surface area (Å²) < 4.78 is 5.22. The molecular weight excluding hydrogens is 160 g/mol. The van der Waals surface area contributed by atoms with Gasteiger partial charge < -0.3 is 4.74 Å². The van der Waals surface area contributed by atoms with Gasteiger partial charge >= 0.3 is 0 Å². The van der Waals surface area contributed by atoms with Crippen molar-refractivity contribution in [2.45, 2.75) is 27.2 Å². The molecule has 0 heterocycles. The van der Waals surface area contributed by atoms with Crippen LogP contribution in [-0.4, -0.2) is 7.11 Å². The minimum absolute atomic E-state index is 0.458. The number of methoxy groups -OCH3 is 1. The summed E-state index contributed by atoms with van der Waals surface area (Å²) in [6.45, 7) is 14.1. The fourth-order valence-electron chi connectivity index (χ4n) is 1.24. The molecule has 0 unspecified atom stereocenters. The number of ether oxygens (including phenoxy) is 1. The summed E-state index contributed by atoms with van der Waals surface area (Å²) in [6, 6.07) is 0. The van der Waals surface area contributed by atoms with Crippen molar-refractivity contribution in [2.75, 3.05) is 7.11 Å². The SMILES string of the molecule is C=C/C(OC)=C(/CC)C(=C)C(C)C. The van der Waals surface area contributed by atoms with Gasteiger partial charge in [0.2, 0.25) is 0 Å². The topological polar surface area (TPSA) is 9.23 Å². The molecule has 13 heavy (non-hydrogen) atoms. The second kappa shape index (κ2) is 5.63. The first-order chi connectivity index (χ1) is 6.08. The predicted octanol–water partition coefficient (Wildman–Crippen LogP) is 3.70. The third-order valence-corrected chi connectivity index (χ3v) is 2.14. The van der Waals surface area contributed by atoms with Crippen molar-refractivity contribution in [2.24, 2.45) is 5.92 Å². The molecule has 0 aliphatic rings. The number of hydrogen-bond acceptors (Lipinski definition) is 1. The lowest BCUT2D eigenvalue weighted by Gasteiger charge is -2.15. The molecule has 0 aromatic carbocycles. The van der Waals surface area contributed by atoms with E-state index in [9.17, 15) is 0 Å². The Morgan fingerprint density at radius 2 is 2.00 bits per heavy atom. The first-order valence-electron chi connectivity index (χ1n) is 4.67. The normalized spacial score (nSPS) is 12.4. The Morgan fingerprint density at radius 3 is 2.23 bits per heavy atom. The fourth-order valence-corrected chi connectivity index (χ4v) is 1.24. The van der Waals surface area contributed by atoms with Gasteiger partial charge in [-0.05, 0) is 29.6 Å². The number of hydrogen-bond donors (Lipinski definition) is 0. The highest BCUT2D eigenvalue weighted by Gasteiger charge is 2.09.